The second-order valence-corrected chi connectivity index (χ2v) is 5.51. The second kappa shape index (κ2) is 7.12. The third-order valence-electron chi connectivity index (χ3n) is 4.04. The van der Waals surface area contributed by atoms with Gasteiger partial charge in [0, 0.05) is 23.6 Å². The number of nitriles is 1. The van der Waals surface area contributed by atoms with Gasteiger partial charge in [0.2, 0.25) is 0 Å². The molecule has 0 aliphatic heterocycles. The van der Waals surface area contributed by atoms with E-state index in [2.05, 4.69) is 6.07 Å². The minimum Gasteiger partial charge on any atom is -0.496 e. The molecule has 0 atom stereocenters. The van der Waals surface area contributed by atoms with Gasteiger partial charge in [-0.15, -0.1) is 0 Å². The molecule has 3 rings (SSSR count). The number of hydrogen-bond acceptors (Lipinski definition) is 4. The van der Waals surface area contributed by atoms with Gasteiger partial charge in [-0.25, -0.2) is 4.98 Å². The van der Waals surface area contributed by atoms with E-state index >= 15 is 0 Å². The van der Waals surface area contributed by atoms with E-state index in [1.54, 1.807) is 7.11 Å². The molecule has 2 aromatic carbocycles. The molecule has 0 amide bonds. The zero-order chi connectivity index (χ0) is 16.9. The number of aliphatic hydroxyl groups is 1. The highest BCUT2D eigenvalue weighted by molar-refractivity contribution is 5.88. The molecule has 120 valence electrons. The van der Waals surface area contributed by atoms with E-state index in [-0.39, 0.29) is 6.61 Å². The van der Waals surface area contributed by atoms with Crippen molar-refractivity contribution in [3.05, 3.63) is 59.7 Å². The summed E-state index contributed by atoms with van der Waals surface area (Å²) in [6.45, 7) is 0.108. The summed E-state index contributed by atoms with van der Waals surface area (Å²) in [5.74, 6) is 0.736. The molecule has 0 aliphatic rings. The molecule has 3 aromatic rings. The van der Waals surface area contributed by atoms with Crippen LogP contribution in [0.25, 0.3) is 22.2 Å². The van der Waals surface area contributed by atoms with Gasteiger partial charge in [0.05, 0.1) is 23.9 Å². The molecule has 4 nitrogen and oxygen atoms in total. The van der Waals surface area contributed by atoms with Crippen molar-refractivity contribution in [2.45, 2.75) is 12.8 Å². The smallest absolute Gasteiger partial charge is 0.130 e. The van der Waals surface area contributed by atoms with Crippen LogP contribution in [0.1, 0.15) is 17.5 Å². The number of pyridine rings is 1. The predicted octanol–water partition coefficient (Wildman–Crippen LogP) is 3.71. The van der Waals surface area contributed by atoms with Crippen LogP contribution < -0.4 is 4.74 Å². The fourth-order valence-electron chi connectivity index (χ4n) is 2.87. The van der Waals surface area contributed by atoms with Gasteiger partial charge < -0.3 is 9.84 Å². The van der Waals surface area contributed by atoms with Crippen LogP contribution in [-0.4, -0.2) is 23.8 Å². The van der Waals surface area contributed by atoms with E-state index < -0.39 is 0 Å². The van der Waals surface area contributed by atoms with Gasteiger partial charge in [0.1, 0.15) is 11.8 Å². The van der Waals surface area contributed by atoms with Crippen LogP contribution in [0.4, 0.5) is 0 Å². The Morgan fingerprint density at radius 1 is 1.17 bits per heavy atom. The van der Waals surface area contributed by atoms with E-state index in [4.69, 9.17) is 14.8 Å². The minimum absolute atomic E-state index is 0.108. The van der Waals surface area contributed by atoms with Crippen molar-refractivity contribution < 1.29 is 9.84 Å². The predicted molar refractivity (Wildman–Crippen MR) is 93.9 cm³/mol. The highest BCUT2D eigenvalue weighted by atomic mass is 16.5. The van der Waals surface area contributed by atoms with Gasteiger partial charge >= 0.3 is 0 Å². The molecule has 0 radical (unpaired) electrons. The molecule has 0 saturated heterocycles. The van der Waals surface area contributed by atoms with Gasteiger partial charge in [0.15, 0.2) is 0 Å². The van der Waals surface area contributed by atoms with E-state index in [9.17, 15) is 5.26 Å². The summed E-state index contributed by atoms with van der Waals surface area (Å²) >= 11 is 0. The van der Waals surface area contributed by atoms with Crippen LogP contribution in [-0.2, 0) is 6.42 Å². The zero-order valence-corrected chi connectivity index (χ0v) is 13.5. The fourth-order valence-corrected chi connectivity index (χ4v) is 2.87. The molecule has 1 heterocycles. The van der Waals surface area contributed by atoms with Gasteiger partial charge in [0.25, 0.3) is 0 Å². The number of hydrogen-bond donors (Lipinski definition) is 1. The number of fused-ring (bicyclic) bond motifs is 1. The Kier molecular flexibility index (Phi) is 4.74. The van der Waals surface area contributed by atoms with Crippen molar-refractivity contribution in [2.24, 2.45) is 0 Å². The summed E-state index contributed by atoms with van der Waals surface area (Å²) in [4.78, 5) is 4.70. The normalized spacial score (nSPS) is 10.5. The number of rotatable bonds is 5. The molecular formula is C20H18N2O2. The Labute approximate surface area is 141 Å². The summed E-state index contributed by atoms with van der Waals surface area (Å²) in [7, 11) is 1.63. The second-order valence-electron chi connectivity index (χ2n) is 5.51. The molecule has 1 aromatic heterocycles. The highest BCUT2D eigenvalue weighted by Gasteiger charge is 2.13. The SMILES string of the molecule is COc1cc(-c2cccc(CCCO)c2C#N)nc2ccccc12. The standard InChI is InChI=1S/C20H18N2O2/c1-24-20-12-19(22-18-10-3-2-8-16(18)20)15-9-4-6-14(7-5-11-23)17(15)13-21/h2-4,6,8-10,12,23H,5,7,11H2,1H3. The summed E-state index contributed by atoms with van der Waals surface area (Å²) < 4.78 is 5.50. The molecule has 4 heteroatoms. The Hall–Kier alpha value is -2.90. The Morgan fingerprint density at radius 2 is 2.00 bits per heavy atom. The Morgan fingerprint density at radius 3 is 2.75 bits per heavy atom. The number of aromatic nitrogens is 1. The van der Waals surface area contributed by atoms with Crippen LogP contribution in [0, 0.1) is 11.3 Å². The third kappa shape index (κ3) is 2.94. The molecule has 0 saturated carbocycles. The number of para-hydroxylation sites is 1. The lowest BCUT2D eigenvalue weighted by atomic mass is 9.96. The summed E-state index contributed by atoms with van der Waals surface area (Å²) in [5, 5.41) is 19.6. The van der Waals surface area contributed by atoms with Crippen LogP contribution >= 0.6 is 0 Å². The number of methoxy groups -OCH3 is 1. The largest absolute Gasteiger partial charge is 0.496 e. The topological polar surface area (TPSA) is 66.1 Å². The number of nitrogens with zero attached hydrogens (tertiary/aromatic N) is 2. The number of aliphatic hydroxyl groups excluding tert-OH is 1. The monoisotopic (exact) mass is 318 g/mol. The van der Waals surface area contributed by atoms with Crippen molar-refractivity contribution >= 4 is 10.9 Å². The lowest BCUT2D eigenvalue weighted by Crippen LogP contribution is -1.98. The maximum atomic E-state index is 9.63. The summed E-state index contributed by atoms with van der Waals surface area (Å²) in [6.07, 6.45) is 1.30. The lowest BCUT2D eigenvalue weighted by Gasteiger charge is -2.12. The Bertz CT molecular complexity index is 913. The molecule has 0 aliphatic carbocycles. The average molecular weight is 318 g/mol. The van der Waals surface area contributed by atoms with Crippen molar-refractivity contribution in [3.63, 3.8) is 0 Å². The fraction of sp³-hybridized carbons (Fsp3) is 0.200. The zero-order valence-electron chi connectivity index (χ0n) is 13.5. The van der Waals surface area contributed by atoms with Crippen molar-refractivity contribution in [2.75, 3.05) is 13.7 Å². The molecule has 0 fully saturated rings. The third-order valence-corrected chi connectivity index (χ3v) is 4.04. The Balaban J connectivity index is 2.19. The van der Waals surface area contributed by atoms with Crippen LogP contribution in [0.5, 0.6) is 5.75 Å². The first-order chi connectivity index (χ1) is 11.8. The van der Waals surface area contributed by atoms with E-state index in [1.807, 2.05) is 48.5 Å². The molecule has 24 heavy (non-hydrogen) atoms. The van der Waals surface area contributed by atoms with Crippen LogP contribution in [0.15, 0.2) is 48.5 Å². The average Bonchev–Trinajstić information content (AvgIpc) is 2.64. The molecular weight excluding hydrogens is 300 g/mol. The first kappa shape index (κ1) is 16.0. The molecule has 1 N–H and O–H groups in total. The van der Waals surface area contributed by atoms with Crippen LogP contribution in [0.2, 0.25) is 0 Å². The number of ether oxygens (including phenoxy) is 1. The van der Waals surface area contributed by atoms with Gasteiger partial charge in [-0.2, -0.15) is 5.26 Å². The van der Waals surface area contributed by atoms with Gasteiger partial charge in [-0.1, -0.05) is 30.3 Å². The van der Waals surface area contributed by atoms with Gasteiger partial charge in [-0.3, -0.25) is 0 Å². The van der Waals surface area contributed by atoms with Crippen molar-refractivity contribution in [3.8, 4) is 23.1 Å². The molecule has 0 unspecified atom stereocenters. The maximum absolute atomic E-state index is 9.63. The van der Waals surface area contributed by atoms with E-state index in [0.717, 1.165) is 27.8 Å². The van der Waals surface area contributed by atoms with Gasteiger partial charge in [-0.05, 0) is 30.5 Å². The van der Waals surface area contributed by atoms with Crippen LogP contribution in [0.3, 0.4) is 0 Å². The number of benzene rings is 2. The summed E-state index contributed by atoms with van der Waals surface area (Å²) in [5.41, 5.74) is 3.87. The maximum Gasteiger partial charge on any atom is 0.130 e. The van der Waals surface area contributed by atoms with Crippen molar-refractivity contribution in [1.29, 1.82) is 5.26 Å². The lowest BCUT2D eigenvalue weighted by molar-refractivity contribution is 0.288. The number of aryl methyl sites for hydroxylation is 1. The van der Waals surface area contributed by atoms with E-state index in [1.165, 1.54) is 0 Å². The summed E-state index contributed by atoms with van der Waals surface area (Å²) in [6, 6.07) is 17.7. The molecule has 0 spiro atoms. The first-order valence-electron chi connectivity index (χ1n) is 7.85. The quantitative estimate of drug-likeness (QED) is 0.779. The minimum atomic E-state index is 0.108. The highest BCUT2D eigenvalue weighted by Crippen LogP contribution is 2.32. The molecule has 0 bridgehead atoms. The first-order valence-corrected chi connectivity index (χ1v) is 7.85. The van der Waals surface area contributed by atoms with Crippen molar-refractivity contribution in [1.82, 2.24) is 4.98 Å². The van der Waals surface area contributed by atoms with E-state index in [0.29, 0.717) is 24.1 Å².